The summed E-state index contributed by atoms with van der Waals surface area (Å²) >= 11 is 0. The zero-order valence-corrected chi connectivity index (χ0v) is 14.3. The van der Waals surface area contributed by atoms with Crippen LogP contribution in [0.1, 0.15) is 33.1 Å². The summed E-state index contributed by atoms with van der Waals surface area (Å²) in [7, 11) is 0. The third-order valence-electron chi connectivity index (χ3n) is 4.67. The Morgan fingerprint density at radius 2 is 2.09 bits per heavy atom. The van der Waals surface area contributed by atoms with E-state index < -0.39 is 0 Å². The molecular weight excluding hydrogens is 319 g/mol. The lowest BCUT2D eigenvalue weighted by molar-refractivity contribution is -0.118. The van der Waals surface area contributed by atoms with Crippen LogP contribution in [-0.2, 0) is 4.79 Å². The molecule has 0 bridgehead atoms. The van der Waals surface area contributed by atoms with Crippen LogP contribution in [0.2, 0.25) is 0 Å². The quantitative estimate of drug-likeness (QED) is 0.882. The number of rotatable bonds is 4. The highest BCUT2D eigenvalue weighted by Gasteiger charge is 2.57. The zero-order chi connectivity index (χ0) is 15.7. The second-order valence-corrected chi connectivity index (χ2v) is 6.67. The van der Waals surface area contributed by atoms with Crippen LogP contribution in [-0.4, -0.2) is 25.1 Å². The number of nitrogens with one attached hydrogen (secondary N) is 2. The largest absolute Gasteiger partial charge is 0.489 e. The lowest BCUT2D eigenvalue weighted by Gasteiger charge is -2.23. The zero-order valence-electron chi connectivity index (χ0n) is 13.5. The fraction of sp³-hybridized carbons (Fsp3) is 0.588. The van der Waals surface area contributed by atoms with Crippen LogP contribution in [0.4, 0.5) is 10.1 Å². The van der Waals surface area contributed by atoms with E-state index in [1.54, 1.807) is 6.07 Å². The molecule has 2 N–H and O–H groups in total. The molecule has 1 heterocycles. The molecule has 1 aromatic carbocycles. The highest BCUT2D eigenvalue weighted by Crippen LogP contribution is 2.58. The van der Waals surface area contributed by atoms with E-state index in [4.69, 9.17) is 4.74 Å². The van der Waals surface area contributed by atoms with Crippen LogP contribution in [0, 0.1) is 17.2 Å². The molecule has 1 aromatic rings. The van der Waals surface area contributed by atoms with Gasteiger partial charge in [-0.3, -0.25) is 4.79 Å². The van der Waals surface area contributed by atoms with Gasteiger partial charge in [-0.2, -0.15) is 0 Å². The van der Waals surface area contributed by atoms with Crippen molar-refractivity contribution in [3.8, 4) is 5.75 Å². The summed E-state index contributed by atoms with van der Waals surface area (Å²) < 4.78 is 19.1. The van der Waals surface area contributed by atoms with Gasteiger partial charge in [0, 0.05) is 12.0 Å². The van der Waals surface area contributed by atoms with Crippen molar-refractivity contribution in [2.75, 3.05) is 18.4 Å². The van der Waals surface area contributed by atoms with E-state index >= 15 is 0 Å². The maximum atomic E-state index is 13.5. The van der Waals surface area contributed by atoms with Gasteiger partial charge >= 0.3 is 0 Å². The SMILES string of the molecule is CC(C)Oc1ccc(F)cc1NC(=O)C1CC12CCNCC2.Cl. The molecule has 0 radical (unpaired) electrons. The summed E-state index contributed by atoms with van der Waals surface area (Å²) in [6.07, 6.45) is 3.00. The highest BCUT2D eigenvalue weighted by molar-refractivity contribution is 5.96. The second-order valence-electron chi connectivity index (χ2n) is 6.67. The number of anilines is 1. The van der Waals surface area contributed by atoms with Crippen LogP contribution < -0.4 is 15.4 Å². The topological polar surface area (TPSA) is 50.4 Å². The first-order chi connectivity index (χ1) is 10.5. The number of piperidine rings is 1. The molecule has 3 rings (SSSR count). The molecule has 1 aliphatic carbocycles. The molecular formula is C17H24ClFN2O2. The molecule has 1 amide bonds. The number of ether oxygens (including phenoxy) is 1. The Morgan fingerprint density at radius 3 is 2.74 bits per heavy atom. The molecule has 23 heavy (non-hydrogen) atoms. The molecule has 2 aliphatic rings. The van der Waals surface area contributed by atoms with Crippen molar-refractivity contribution in [1.29, 1.82) is 0 Å². The van der Waals surface area contributed by atoms with E-state index in [0.717, 1.165) is 32.4 Å². The van der Waals surface area contributed by atoms with Crippen LogP contribution in [0.5, 0.6) is 5.75 Å². The van der Waals surface area contributed by atoms with Crippen LogP contribution in [0.25, 0.3) is 0 Å². The van der Waals surface area contributed by atoms with Crippen molar-refractivity contribution >= 4 is 24.0 Å². The number of benzene rings is 1. The van der Waals surface area contributed by atoms with Crippen LogP contribution in [0.3, 0.4) is 0 Å². The molecule has 0 aromatic heterocycles. The molecule has 1 aliphatic heterocycles. The molecule has 1 spiro atoms. The fourth-order valence-electron chi connectivity index (χ4n) is 3.37. The van der Waals surface area contributed by atoms with Gasteiger partial charge in [-0.1, -0.05) is 0 Å². The van der Waals surface area contributed by atoms with Crippen molar-refractivity contribution in [3.05, 3.63) is 24.0 Å². The number of hydrogen-bond donors (Lipinski definition) is 2. The molecule has 4 nitrogen and oxygen atoms in total. The predicted octanol–water partition coefficient (Wildman–Crippen LogP) is 3.36. The number of hydrogen-bond acceptors (Lipinski definition) is 3. The summed E-state index contributed by atoms with van der Waals surface area (Å²) in [5.74, 6) is 0.175. The average Bonchev–Trinajstić information content (AvgIpc) is 3.16. The monoisotopic (exact) mass is 342 g/mol. The Bertz CT molecular complexity index is 574. The van der Waals surface area contributed by atoms with Crippen LogP contribution >= 0.6 is 12.4 Å². The minimum atomic E-state index is -0.376. The Hall–Kier alpha value is -1.33. The number of amides is 1. The molecule has 128 valence electrons. The van der Waals surface area contributed by atoms with E-state index in [2.05, 4.69) is 10.6 Å². The van der Waals surface area contributed by atoms with E-state index in [-0.39, 0.29) is 41.6 Å². The van der Waals surface area contributed by atoms with Crippen LogP contribution in [0.15, 0.2) is 18.2 Å². The first-order valence-corrected chi connectivity index (χ1v) is 7.98. The van der Waals surface area contributed by atoms with E-state index in [1.807, 2.05) is 13.8 Å². The minimum absolute atomic E-state index is 0. The molecule has 6 heteroatoms. The Labute approximate surface area is 142 Å². The van der Waals surface area contributed by atoms with Gasteiger partial charge in [-0.15, -0.1) is 12.4 Å². The smallest absolute Gasteiger partial charge is 0.228 e. The van der Waals surface area contributed by atoms with Crippen molar-refractivity contribution in [1.82, 2.24) is 5.32 Å². The standard InChI is InChI=1S/C17H23FN2O2.ClH/c1-11(2)22-15-4-3-12(18)9-14(15)20-16(21)13-10-17(13)5-7-19-8-6-17;/h3-4,9,11,13,19H,5-8,10H2,1-2H3,(H,20,21);1H. The molecule has 1 unspecified atom stereocenters. The third kappa shape index (κ3) is 3.96. The lowest BCUT2D eigenvalue weighted by atomic mass is 9.92. The average molecular weight is 343 g/mol. The molecule has 1 atom stereocenters. The molecule has 2 fully saturated rings. The second kappa shape index (κ2) is 7.05. The van der Waals surface area contributed by atoms with Crippen molar-refractivity contribution in [2.24, 2.45) is 11.3 Å². The highest BCUT2D eigenvalue weighted by atomic mass is 35.5. The van der Waals surface area contributed by atoms with Crippen molar-refractivity contribution in [2.45, 2.75) is 39.2 Å². The summed E-state index contributed by atoms with van der Waals surface area (Å²) in [6, 6.07) is 4.24. The first-order valence-electron chi connectivity index (χ1n) is 7.98. The van der Waals surface area contributed by atoms with Gasteiger partial charge < -0.3 is 15.4 Å². The minimum Gasteiger partial charge on any atom is -0.489 e. The van der Waals surface area contributed by atoms with Gasteiger partial charge in [-0.25, -0.2) is 4.39 Å². The molecule has 1 saturated carbocycles. The Kier molecular flexibility index (Phi) is 5.53. The first kappa shape index (κ1) is 18.0. The summed E-state index contributed by atoms with van der Waals surface area (Å²) in [6.45, 7) is 5.76. The van der Waals surface area contributed by atoms with Crippen molar-refractivity contribution in [3.63, 3.8) is 0 Å². The van der Waals surface area contributed by atoms with Gasteiger partial charge in [-0.05, 0) is 63.7 Å². The van der Waals surface area contributed by atoms with Gasteiger partial charge in [0.15, 0.2) is 0 Å². The predicted molar refractivity (Wildman–Crippen MR) is 90.7 cm³/mol. The number of carbonyl (C=O) groups excluding carboxylic acids is 1. The summed E-state index contributed by atoms with van der Waals surface area (Å²) in [5.41, 5.74) is 0.594. The normalized spacial score (nSPS) is 21.7. The lowest BCUT2D eigenvalue weighted by Crippen LogP contribution is -2.31. The van der Waals surface area contributed by atoms with Crippen molar-refractivity contribution < 1.29 is 13.9 Å². The summed E-state index contributed by atoms with van der Waals surface area (Å²) in [4.78, 5) is 12.5. The fourth-order valence-corrected chi connectivity index (χ4v) is 3.37. The maximum absolute atomic E-state index is 13.5. The van der Waals surface area contributed by atoms with Gasteiger partial charge in [0.2, 0.25) is 5.91 Å². The summed E-state index contributed by atoms with van der Waals surface area (Å²) in [5, 5.41) is 6.19. The van der Waals surface area contributed by atoms with Gasteiger partial charge in [0.1, 0.15) is 11.6 Å². The van der Waals surface area contributed by atoms with E-state index in [0.29, 0.717) is 11.4 Å². The Balaban J connectivity index is 0.00000192. The third-order valence-corrected chi connectivity index (χ3v) is 4.67. The number of carbonyl (C=O) groups is 1. The molecule has 1 saturated heterocycles. The van der Waals surface area contributed by atoms with E-state index in [9.17, 15) is 9.18 Å². The van der Waals surface area contributed by atoms with E-state index in [1.165, 1.54) is 12.1 Å². The van der Waals surface area contributed by atoms with Gasteiger partial charge in [0.05, 0.1) is 11.8 Å². The van der Waals surface area contributed by atoms with Gasteiger partial charge in [0.25, 0.3) is 0 Å². The number of halogens is 2. The maximum Gasteiger partial charge on any atom is 0.228 e. The Morgan fingerprint density at radius 1 is 1.39 bits per heavy atom.